The maximum absolute atomic E-state index is 13.7. The summed E-state index contributed by atoms with van der Waals surface area (Å²) in [5.74, 6) is -0.284. The second kappa shape index (κ2) is 9.36. The van der Waals surface area contributed by atoms with E-state index in [1.165, 1.54) is 29.0 Å². The fourth-order valence-electron chi connectivity index (χ4n) is 4.30. The van der Waals surface area contributed by atoms with Crippen molar-refractivity contribution in [2.24, 2.45) is 4.99 Å². The highest BCUT2D eigenvalue weighted by atomic mass is 32.1. The van der Waals surface area contributed by atoms with E-state index in [2.05, 4.69) is 0 Å². The number of carbonyl (C=O) groups is 1. The molecule has 0 atom stereocenters. The molecule has 0 spiro atoms. The zero-order valence-corrected chi connectivity index (χ0v) is 19.9. The molecule has 2 aromatic heterocycles. The Bertz CT molecular complexity index is 1160. The van der Waals surface area contributed by atoms with E-state index in [9.17, 15) is 9.18 Å². The van der Waals surface area contributed by atoms with E-state index in [-0.39, 0.29) is 11.7 Å². The van der Waals surface area contributed by atoms with Crippen LogP contribution in [0.3, 0.4) is 0 Å². The molecular formula is C25H29FN4OS. The third-order valence-electron chi connectivity index (χ3n) is 5.89. The summed E-state index contributed by atoms with van der Waals surface area (Å²) >= 11 is 1.42. The number of nitrogens with zero attached hydrogens (tertiary/aromatic N) is 4. The van der Waals surface area contributed by atoms with Crippen LogP contribution in [0.15, 0.2) is 29.3 Å². The van der Waals surface area contributed by atoms with Crippen LogP contribution in [-0.2, 0) is 12.8 Å². The van der Waals surface area contributed by atoms with E-state index in [0.29, 0.717) is 23.7 Å². The minimum absolute atomic E-state index is 0.0214. The van der Waals surface area contributed by atoms with Crippen molar-refractivity contribution < 1.29 is 9.18 Å². The van der Waals surface area contributed by atoms with Crippen molar-refractivity contribution in [2.75, 3.05) is 27.2 Å². The first-order valence-corrected chi connectivity index (χ1v) is 12.0. The first-order chi connectivity index (χ1) is 15.4. The van der Waals surface area contributed by atoms with Gasteiger partial charge < -0.3 is 9.80 Å². The average Bonchev–Trinajstić information content (AvgIpc) is 3.15. The summed E-state index contributed by atoms with van der Waals surface area (Å²) in [6.45, 7) is 5.24. The van der Waals surface area contributed by atoms with Gasteiger partial charge in [0.1, 0.15) is 15.5 Å². The molecule has 0 saturated heterocycles. The Morgan fingerprint density at radius 1 is 1.16 bits per heavy atom. The Hall–Kier alpha value is -2.80. The van der Waals surface area contributed by atoms with Gasteiger partial charge in [-0.1, -0.05) is 12.1 Å². The second-order valence-corrected chi connectivity index (χ2v) is 9.27. The fraction of sp³-hybridized carbons (Fsp3) is 0.400. The SMILES string of the molecule is CCN(CC)C(=O)c1sc2nc3c(c(-c4ccc(F)cc4)c2c1N=CN(C)C)CCCC3. The predicted molar refractivity (Wildman–Crippen MR) is 131 cm³/mol. The second-order valence-electron chi connectivity index (χ2n) is 8.27. The molecule has 3 aromatic rings. The molecule has 0 radical (unpaired) electrons. The lowest BCUT2D eigenvalue weighted by atomic mass is 9.87. The Morgan fingerprint density at radius 3 is 2.50 bits per heavy atom. The number of aryl methyl sites for hydroxylation is 1. The largest absolute Gasteiger partial charge is 0.369 e. The molecular weight excluding hydrogens is 423 g/mol. The number of aromatic nitrogens is 1. The summed E-state index contributed by atoms with van der Waals surface area (Å²) in [6.07, 6.45) is 5.79. The highest BCUT2D eigenvalue weighted by Crippen LogP contribution is 2.46. The zero-order chi connectivity index (χ0) is 22.8. The number of fused-ring (bicyclic) bond motifs is 2. The number of carbonyl (C=O) groups excluding carboxylic acids is 1. The lowest BCUT2D eigenvalue weighted by Gasteiger charge is -2.20. The minimum Gasteiger partial charge on any atom is -0.369 e. The van der Waals surface area contributed by atoms with Crippen molar-refractivity contribution in [3.05, 3.63) is 46.2 Å². The molecule has 0 N–H and O–H groups in total. The topological polar surface area (TPSA) is 48.8 Å². The summed E-state index contributed by atoms with van der Waals surface area (Å²) in [5.41, 5.74) is 4.95. The maximum atomic E-state index is 13.7. The summed E-state index contributed by atoms with van der Waals surface area (Å²) in [5, 5.41) is 0.899. The van der Waals surface area contributed by atoms with Gasteiger partial charge in [-0.15, -0.1) is 11.3 Å². The molecule has 0 aliphatic heterocycles. The molecule has 32 heavy (non-hydrogen) atoms. The molecule has 1 aliphatic carbocycles. The van der Waals surface area contributed by atoms with Gasteiger partial charge in [0, 0.05) is 38.3 Å². The Kier molecular flexibility index (Phi) is 6.55. The van der Waals surface area contributed by atoms with Crippen LogP contribution < -0.4 is 0 Å². The molecule has 7 heteroatoms. The van der Waals surface area contributed by atoms with Crippen LogP contribution in [0, 0.1) is 5.82 Å². The van der Waals surface area contributed by atoms with Gasteiger partial charge in [-0.05, 0) is 68.4 Å². The summed E-state index contributed by atoms with van der Waals surface area (Å²) in [6, 6.07) is 6.63. The van der Waals surface area contributed by atoms with Gasteiger partial charge in [-0.3, -0.25) is 4.79 Å². The van der Waals surface area contributed by atoms with E-state index in [1.54, 1.807) is 6.34 Å². The van der Waals surface area contributed by atoms with Gasteiger partial charge in [0.25, 0.3) is 5.91 Å². The van der Waals surface area contributed by atoms with Gasteiger partial charge in [-0.25, -0.2) is 14.4 Å². The summed E-state index contributed by atoms with van der Waals surface area (Å²) in [7, 11) is 3.82. The Balaban J connectivity index is 2.07. The van der Waals surface area contributed by atoms with E-state index in [4.69, 9.17) is 9.98 Å². The molecule has 0 fully saturated rings. The third kappa shape index (κ3) is 4.13. The molecule has 0 unspecified atom stereocenters. The van der Waals surface area contributed by atoms with E-state index < -0.39 is 0 Å². The number of aliphatic imine (C=N–C) groups is 1. The van der Waals surface area contributed by atoms with Crippen molar-refractivity contribution in [3.63, 3.8) is 0 Å². The quantitative estimate of drug-likeness (QED) is 0.357. The molecule has 4 rings (SSSR count). The number of amides is 1. The van der Waals surface area contributed by atoms with E-state index in [0.717, 1.165) is 52.7 Å². The maximum Gasteiger partial charge on any atom is 0.266 e. The van der Waals surface area contributed by atoms with Crippen LogP contribution in [-0.4, -0.2) is 54.2 Å². The number of thiophene rings is 1. The van der Waals surface area contributed by atoms with Crippen LogP contribution in [0.5, 0.6) is 0 Å². The van der Waals surface area contributed by atoms with Crippen LogP contribution >= 0.6 is 11.3 Å². The highest BCUT2D eigenvalue weighted by molar-refractivity contribution is 7.21. The first kappa shape index (κ1) is 22.4. The van der Waals surface area contributed by atoms with E-state index >= 15 is 0 Å². The van der Waals surface area contributed by atoms with Gasteiger partial charge >= 0.3 is 0 Å². The molecule has 0 saturated carbocycles. The Morgan fingerprint density at radius 2 is 1.84 bits per heavy atom. The smallest absolute Gasteiger partial charge is 0.266 e. The van der Waals surface area contributed by atoms with E-state index in [1.807, 2.05) is 49.9 Å². The number of halogens is 1. The molecule has 1 amide bonds. The first-order valence-electron chi connectivity index (χ1n) is 11.2. The van der Waals surface area contributed by atoms with Crippen LogP contribution in [0.1, 0.15) is 47.6 Å². The highest BCUT2D eigenvalue weighted by Gasteiger charge is 2.28. The van der Waals surface area contributed by atoms with Gasteiger partial charge in [0.15, 0.2) is 0 Å². The lowest BCUT2D eigenvalue weighted by Crippen LogP contribution is -2.29. The molecule has 1 aromatic carbocycles. The summed E-state index contributed by atoms with van der Waals surface area (Å²) < 4.78 is 13.7. The van der Waals surface area contributed by atoms with Crippen molar-refractivity contribution in [3.8, 4) is 11.1 Å². The monoisotopic (exact) mass is 452 g/mol. The van der Waals surface area contributed by atoms with Crippen LogP contribution in [0.4, 0.5) is 10.1 Å². The zero-order valence-electron chi connectivity index (χ0n) is 19.1. The van der Waals surface area contributed by atoms with Gasteiger partial charge in [-0.2, -0.15) is 0 Å². The molecule has 0 bridgehead atoms. The standard InChI is InChI=1S/C25H29FN4OS/c1-5-30(6-2)25(31)23-22(27-15-29(3)4)21-20(16-11-13-17(26)14-12-16)18-9-7-8-10-19(18)28-24(21)32-23/h11-15H,5-10H2,1-4H3. The molecule has 2 heterocycles. The fourth-order valence-corrected chi connectivity index (χ4v) is 5.42. The van der Waals surface area contributed by atoms with Gasteiger partial charge in [0.2, 0.25) is 0 Å². The van der Waals surface area contributed by atoms with Crippen molar-refractivity contribution in [1.29, 1.82) is 0 Å². The van der Waals surface area contributed by atoms with Gasteiger partial charge in [0.05, 0.1) is 12.0 Å². The average molecular weight is 453 g/mol. The molecule has 1 aliphatic rings. The number of hydrogen-bond acceptors (Lipinski definition) is 4. The number of benzene rings is 1. The van der Waals surface area contributed by atoms with Crippen molar-refractivity contribution in [2.45, 2.75) is 39.5 Å². The van der Waals surface area contributed by atoms with Crippen LogP contribution in [0.25, 0.3) is 21.3 Å². The van der Waals surface area contributed by atoms with Crippen molar-refractivity contribution in [1.82, 2.24) is 14.8 Å². The predicted octanol–water partition coefficient (Wildman–Crippen LogP) is 5.68. The minimum atomic E-state index is -0.263. The number of hydrogen-bond donors (Lipinski definition) is 0. The number of pyridine rings is 1. The van der Waals surface area contributed by atoms with Crippen LogP contribution in [0.2, 0.25) is 0 Å². The lowest BCUT2D eigenvalue weighted by molar-refractivity contribution is 0.0778. The summed E-state index contributed by atoms with van der Waals surface area (Å²) in [4.78, 5) is 28.3. The number of rotatable bonds is 6. The molecule has 168 valence electrons. The van der Waals surface area contributed by atoms with Crippen molar-refractivity contribution >= 4 is 39.5 Å². The molecule has 5 nitrogen and oxygen atoms in total. The normalized spacial score (nSPS) is 13.5. The third-order valence-corrected chi connectivity index (χ3v) is 6.95. The Labute approximate surface area is 192 Å².